The Morgan fingerprint density at radius 2 is 1.75 bits per heavy atom. The van der Waals surface area contributed by atoms with Crippen molar-refractivity contribution >= 4 is 35.8 Å². The highest BCUT2D eigenvalue weighted by molar-refractivity contribution is 14.0. The molecular weight excluding hydrogens is 515 g/mol. The molecule has 1 heterocycles. The molecule has 0 radical (unpaired) electrons. The molecule has 6 nitrogen and oxygen atoms in total. The molecule has 2 N–H and O–H groups in total. The molecule has 0 spiro atoms. The first-order chi connectivity index (χ1) is 14.9. The minimum atomic E-state index is -0.349. The summed E-state index contributed by atoms with van der Waals surface area (Å²) >= 11 is 0. The van der Waals surface area contributed by atoms with E-state index in [9.17, 15) is 4.79 Å². The van der Waals surface area contributed by atoms with Crippen LogP contribution in [0.25, 0.3) is 0 Å². The van der Waals surface area contributed by atoms with Gasteiger partial charge in [-0.25, -0.2) is 0 Å². The monoisotopic (exact) mass is 556 g/mol. The average Bonchev–Trinajstić information content (AvgIpc) is 3.26. The average molecular weight is 557 g/mol. The van der Waals surface area contributed by atoms with Crippen LogP contribution >= 0.6 is 24.0 Å². The third-order valence-electron chi connectivity index (χ3n) is 7.07. The van der Waals surface area contributed by atoms with Crippen LogP contribution in [0.5, 0.6) is 0 Å². The van der Waals surface area contributed by atoms with Crippen molar-refractivity contribution in [2.75, 3.05) is 46.9 Å². The molecule has 0 bridgehead atoms. The number of nitrogens with zero attached hydrogens (tertiary/aromatic N) is 2. The zero-order valence-corrected chi connectivity index (χ0v) is 22.5. The van der Waals surface area contributed by atoms with E-state index in [1.165, 1.54) is 11.1 Å². The Balaban J connectivity index is 0.00000363. The van der Waals surface area contributed by atoms with Crippen LogP contribution in [0.2, 0.25) is 0 Å². The highest BCUT2D eigenvalue weighted by atomic mass is 127. The molecule has 1 saturated heterocycles. The Labute approximate surface area is 211 Å². The fourth-order valence-electron chi connectivity index (χ4n) is 5.26. The summed E-state index contributed by atoms with van der Waals surface area (Å²) in [5.41, 5.74) is 2.41. The van der Waals surface area contributed by atoms with E-state index in [4.69, 9.17) is 9.73 Å². The SMILES string of the molecule is CCNC(=NCC1(C(=O)N(C)C)CCCC1)NCC1(c2ccccc2C)CCOCC1.I. The smallest absolute Gasteiger partial charge is 0.230 e. The van der Waals surface area contributed by atoms with Gasteiger partial charge in [0.15, 0.2) is 5.96 Å². The molecule has 3 rings (SSSR count). The lowest BCUT2D eigenvalue weighted by Crippen LogP contribution is -2.49. The lowest BCUT2D eigenvalue weighted by Gasteiger charge is -2.39. The van der Waals surface area contributed by atoms with Gasteiger partial charge in [-0.3, -0.25) is 9.79 Å². The Bertz CT molecular complexity index is 769. The minimum absolute atomic E-state index is 0. The van der Waals surface area contributed by atoms with Gasteiger partial charge in [-0.1, -0.05) is 37.1 Å². The molecule has 32 heavy (non-hydrogen) atoms. The number of carbonyl (C=O) groups excluding carboxylic acids is 1. The first-order valence-electron chi connectivity index (χ1n) is 11.8. The number of rotatable bonds is 7. The Kier molecular flexibility index (Phi) is 10.3. The Morgan fingerprint density at radius 3 is 2.34 bits per heavy atom. The van der Waals surface area contributed by atoms with E-state index < -0.39 is 0 Å². The van der Waals surface area contributed by atoms with Gasteiger partial charge in [0.2, 0.25) is 5.91 Å². The second-order valence-corrected chi connectivity index (χ2v) is 9.44. The predicted molar refractivity (Wildman–Crippen MR) is 142 cm³/mol. The number of ether oxygens (including phenoxy) is 1. The molecule has 1 aromatic rings. The van der Waals surface area contributed by atoms with Gasteiger partial charge in [0.05, 0.1) is 12.0 Å². The summed E-state index contributed by atoms with van der Waals surface area (Å²) in [6.45, 7) is 7.98. The van der Waals surface area contributed by atoms with Crippen LogP contribution in [0.1, 0.15) is 56.6 Å². The number of aryl methyl sites for hydroxylation is 1. The van der Waals surface area contributed by atoms with Gasteiger partial charge < -0.3 is 20.3 Å². The number of halogens is 1. The van der Waals surface area contributed by atoms with Crippen molar-refractivity contribution in [3.8, 4) is 0 Å². The summed E-state index contributed by atoms with van der Waals surface area (Å²) in [6.07, 6.45) is 6.06. The van der Waals surface area contributed by atoms with Gasteiger partial charge in [0.25, 0.3) is 0 Å². The number of hydrogen-bond acceptors (Lipinski definition) is 3. The van der Waals surface area contributed by atoms with Gasteiger partial charge in [-0.2, -0.15) is 0 Å². The van der Waals surface area contributed by atoms with Crippen LogP contribution in [0.3, 0.4) is 0 Å². The lowest BCUT2D eigenvalue weighted by molar-refractivity contribution is -0.138. The largest absolute Gasteiger partial charge is 0.381 e. The fourth-order valence-corrected chi connectivity index (χ4v) is 5.26. The second kappa shape index (κ2) is 12.2. The normalized spacial score (nSPS) is 19.7. The summed E-state index contributed by atoms with van der Waals surface area (Å²) in [5.74, 6) is 1.02. The van der Waals surface area contributed by atoms with E-state index in [1.807, 2.05) is 14.1 Å². The summed E-state index contributed by atoms with van der Waals surface area (Å²) in [5, 5.41) is 7.02. The molecule has 1 amide bonds. The maximum atomic E-state index is 12.9. The molecule has 1 aliphatic carbocycles. The van der Waals surface area contributed by atoms with Crippen LogP contribution in [-0.2, 0) is 14.9 Å². The molecule has 0 aromatic heterocycles. The highest BCUT2D eigenvalue weighted by Gasteiger charge is 2.42. The molecule has 1 aliphatic heterocycles. The third kappa shape index (κ3) is 6.16. The van der Waals surface area contributed by atoms with Crippen molar-refractivity contribution in [1.29, 1.82) is 0 Å². The predicted octanol–water partition coefficient (Wildman–Crippen LogP) is 3.86. The van der Waals surface area contributed by atoms with E-state index >= 15 is 0 Å². The minimum Gasteiger partial charge on any atom is -0.381 e. The van der Waals surface area contributed by atoms with Crippen molar-refractivity contribution in [2.24, 2.45) is 10.4 Å². The van der Waals surface area contributed by atoms with Crippen molar-refractivity contribution in [2.45, 2.75) is 57.8 Å². The number of guanidine groups is 1. The third-order valence-corrected chi connectivity index (χ3v) is 7.07. The number of amides is 1. The van der Waals surface area contributed by atoms with E-state index in [1.54, 1.807) is 4.90 Å². The molecule has 1 aromatic carbocycles. The first kappa shape index (κ1) is 26.9. The van der Waals surface area contributed by atoms with Gasteiger partial charge in [-0.15, -0.1) is 24.0 Å². The topological polar surface area (TPSA) is 66.0 Å². The lowest BCUT2D eigenvalue weighted by atomic mass is 9.72. The second-order valence-electron chi connectivity index (χ2n) is 9.44. The molecule has 2 aliphatic rings. The zero-order chi connectivity index (χ0) is 22.3. The number of carbonyl (C=O) groups is 1. The summed E-state index contributed by atoms with van der Waals surface area (Å²) < 4.78 is 5.70. The van der Waals surface area contributed by atoms with E-state index in [0.29, 0.717) is 6.54 Å². The molecule has 0 unspecified atom stereocenters. The quantitative estimate of drug-likeness (QED) is 0.304. The number of aliphatic imine (C=N–C) groups is 1. The van der Waals surface area contributed by atoms with Crippen LogP contribution in [0.15, 0.2) is 29.3 Å². The molecule has 2 fully saturated rings. The molecule has 7 heteroatoms. The van der Waals surface area contributed by atoms with E-state index in [0.717, 1.165) is 70.8 Å². The Hall–Kier alpha value is -1.35. The fraction of sp³-hybridized carbons (Fsp3) is 0.680. The molecule has 1 saturated carbocycles. The van der Waals surface area contributed by atoms with Crippen molar-refractivity contribution in [3.63, 3.8) is 0 Å². The maximum absolute atomic E-state index is 12.9. The summed E-state index contributed by atoms with van der Waals surface area (Å²) in [7, 11) is 3.71. The summed E-state index contributed by atoms with van der Waals surface area (Å²) in [6, 6.07) is 8.70. The van der Waals surface area contributed by atoms with Crippen molar-refractivity contribution in [3.05, 3.63) is 35.4 Å². The highest BCUT2D eigenvalue weighted by Crippen LogP contribution is 2.40. The molecule has 0 atom stereocenters. The maximum Gasteiger partial charge on any atom is 0.230 e. The summed E-state index contributed by atoms with van der Waals surface area (Å²) in [4.78, 5) is 19.6. The van der Waals surface area contributed by atoms with E-state index in [-0.39, 0.29) is 40.7 Å². The van der Waals surface area contributed by atoms with Gasteiger partial charge in [0, 0.05) is 45.8 Å². The molecule has 180 valence electrons. The van der Waals surface area contributed by atoms with Gasteiger partial charge in [0.1, 0.15) is 0 Å². The first-order valence-corrected chi connectivity index (χ1v) is 11.8. The van der Waals surface area contributed by atoms with Crippen LogP contribution in [-0.4, -0.2) is 63.7 Å². The van der Waals surface area contributed by atoms with Crippen LogP contribution < -0.4 is 10.6 Å². The van der Waals surface area contributed by atoms with Crippen molar-refractivity contribution in [1.82, 2.24) is 15.5 Å². The van der Waals surface area contributed by atoms with Crippen molar-refractivity contribution < 1.29 is 9.53 Å². The number of benzene rings is 1. The number of nitrogens with one attached hydrogen (secondary N) is 2. The van der Waals surface area contributed by atoms with Crippen LogP contribution in [0, 0.1) is 12.3 Å². The Morgan fingerprint density at radius 1 is 1.09 bits per heavy atom. The standard InChI is InChI=1S/C25H40N4O2.HI/c1-5-26-23(28-19-25(12-8-9-13-25)22(30)29(3)4)27-18-24(14-16-31-17-15-24)21-11-7-6-10-20(21)2;/h6-7,10-11H,5,8-9,12-19H2,1-4H3,(H2,26,27,28);1H. The van der Waals surface area contributed by atoms with Gasteiger partial charge in [-0.05, 0) is 50.7 Å². The zero-order valence-electron chi connectivity index (χ0n) is 20.2. The number of hydrogen-bond donors (Lipinski definition) is 2. The molecular formula is C25H41IN4O2. The van der Waals surface area contributed by atoms with Gasteiger partial charge >= 0.3 is 0 Å². The van der Waals surface area contributed by atoms with Crippen LogP contribution in [0.4, 0.5) is 0 Å². The van der Waals surface area contributed by atoms with E-state index in [2.05, 4.69) is 48.7 Å².